The Hall–Kier alpha value is -0.660. The highest BCUT2D eigenvalue weighted by molar-refractivity contribution is 7.88. The molecule has 0 amide bonds. The van der Waals surface area contributed by atoms with Gasteiger partial charge in [-0.25, -0.2) is 13.1 Å². The zero-order chi connectivity index (χ0) is 11.0. The topological polar surface area (TPSA) is 98.5 Å². The predicted molar refractivity (Wildman–Crippen MR) is 49.9 cm³/mol. The van der Waals surface area contributed by atoms with Gasteiger partial charge in [-0.3, -0.25) is 4.79 Å². The molecule has 14 heavy (non-hydrogen) atoms. The van der Waals surface area contributed by atoms with Crippen molar-refractivity contribution < 1.29 is 17.9 Å². The van der Waals surface area contributed by atoms with E-state index in [4.69, 9.17) is 5.73 Å². The molecule has 1 saturated carbocycles. The standard InChI is InChI=1S/C7H14N2O4S/c1-13-6(10)7(8)3-5(4-7)9-14(2,11)12/h5,9H,3-4,8H2,1-2H3. The smallest absolute Gasteiger partial charge is 0.325 e. The van der Waals surface area contributed by atoms with Crippen molar-refractivity contribution in [1.29, 1.82) is 0 Å². The highest BCUT2D eigenvalue weighted by atomic mass is 32.2. The molecule has 0 saturated heterocycles. The van der Waals surface area contributed by atoms with Gasteiger partial charge in [-0.15, -0.1) is 0 Å². The molecule has 0 aliphatic heterocycles. The first kappa shape index (κ1) is 11.4. The Morgan fingerprint density at radius 2 is 2.07 bits per heavy atom. The van der Waals surface area contributed by atoms with Crippen molar-refractivity contribution >= 4 is 16.0 Å². The van der Waals surface area contributed by atoms with Crippen LogP contribution in [0.1, 0.15) is 12.8 Å². The minimum Gasteiger partial charge on any atom is -0.468 e. The molecule has 3 N–H and O–H groups in total. The van der Waals surface area contributed by atoms with Gasteiger partial charge in [-0.1, -0.05) is 0 Å². The van der Waals surface area contributed by atoms with Gasteiger partial charge in [0.1, 0.15) is 5.54 Å². The van der Waals surface area contributed by atoms with Crippen molar-refractivity contribution in [2.24, 2.45) is 5.73 Å². The molecule has 1 aliphatic carbocycles. The van der Waals surface area contributed by atoms with Gasteiger partial charge in [0.15, 0.2) is 0 Å². The molecule has 1 fully saturated rings. The second kappa shape index (κ2) is 3.48. The third-order valence-electron chi connectivity index (χ3n) is 2.19. The number of carbonyl (C=O) groups excluding carboxylic acids is 1. The number of nitrogens with one attached hydrogen (secondary N) is 1. The molecule has 0 aromatic rings. The number of ether oxygens (including phenoxy) is 1. The highest BCUT2D eigenvalue weighted by Gasteiger charge is 2.48. The third-order valence-corrected chi connectivity index (χ3v) is 2.96. The second-order valence-corrected chi connectivity index (χ2v) is 5.42. The summed E-state index contributed by atoms with van der Waals surface area (Å²) in [6.45, 7) is 0. The van der Waals surface area contributed by atoms with Crippen molar-refractivity contribution in [3.8, 4) is 0 Å². The quantitative estimate of drug-likeness (QED) is 0.570. The lowest BCUT2D eigenvalue weighted by Gasteiger charge is -2.41. The van der Waals surface area contributed by atoms with Crippen LogP contribution >= 0.6 is 0 Å². The van der Waals surface area contributed by atoms with Crippen molar-refractivity contribution in [2.45, 2.75) is 24.4 Å². The van der Waals surface area contributed by atoms with E-state index in [1.165, 1.54) is 7.11 Å². The summed E-state index contributed by atoms with van der Waals surface area (Å²) in [4.78, 5) is 11.1. The van der Waals surface area contributed by atoms with Gasteiger partial charge >= 0.3 is 5.97 Å². The minimum atomic E-state index is -3.22. The first-order valence-electron chi connectivity index (χ1n) is 4.11. The number of methoxy groups -OCH3 is 1. The molecule has 0 atom stereocenters. The third kappa shape index (κ3) is 2.43. The van der Waals surface area contributed by atoms with E-state index in [1.807, 2.05) is 0 Å². The Labute approximate surface area is 82.8 Å². The number of sulfonamides is 1. The fourth-order valence-corrected chi connectivity index (χ4v) is 2.35. The first-order chi connectivity index (χ1) is 6.27. The number of esters is 1. The van der Waals surface area contributed by atoms with E-state index < -0.39 is 21.5 Å². The van der Waals surface area contributed by atoms with Gasteiger partial charge in [0.2, 0.25) is 10.0 Å². The van der Waals surface area contributed by atoms with E-state index in [0.29, 0.717) is 0 Å². The molecule has 7 heteroatoms. The van der Waals surface area contributed by atoms with Crippen LogP contribution in [0, 0.1) is 0 Å². The molecule has 1 aliphatic rings. The molecular formula is C7H14N2O4S. The summed E-state index contributed by atoms with van der Waals surface area (Å²) in [5.74, 6) is -0.496. The molecule has 82 valence electrons. The number of carbonyl (C=O) groups is 1. The van der Waals surface area contributed by atoms with Crippen LogP contribution in [0.15, 0.2) is 0 Å². The average molecular weight is 222 g/mol. The maximum Gasteiger partial charge on any atom is 0.325 e. The number of hydrogen-bond acceptors (Lipinski definition) is 5. The van der Waals surface area contributed by atoms with E-state index >= 15 is 0 Å². The fraction of sp³-hybridized carbons (Fsp3) is 0.857. The van der Waals surface area contributed by atoms with Crippen LogP contribution in [0.4, 0.5) is 0 Å². The zero-order valence-corrected chi connectivity index (χ0v) is 8.93. The lowest BCUT2D eigenvalue weighted by molar-refractivity contribution is -0.151. The molecule has 0 heterocycles. The summed E-state index contributed by atoms with van der Waals surface area (Å²) in [7, 11) is -1.97. The van der Waals surface area contributed by atoms with Crippen LogP contribution in [-0.2, 0) is 19.6 Å². The van der Waals surface area contributed by atoms with Gasteiger partial charge in [0.05, 0.1) is 13.4 Å². The Bertz CT molecular complexity index is 332. The minimum absolute atomic E-state index is 0.255. The van der Waals surface area contributed by atoms with Crippen molar-refractivity contribution in [2.75, 3.05) is 13.4 Å². The van der Waals surface area contributed by atoms with Gasteiger partial charge in [-0.2, -0.15) is 0 Å². The zero-order valence-electron chi connectivity index (χ0n) is 8.11. The number of nitrogens with two attached hydrogens (primary N) is 1. The van der Waals surface area contributed by atoms with Crippen LogP contribution in [-0.4, -0.2) is 39.3 Å². The summed E-state index contributed by atoms with van der Waals surface area (Å²) >= 11 is 0. The summed E-state index contributed by atoms with van der Waals surface area (Å²) in [6, 6.07) is -0.255. The Balaban J connectivity index is 2.47. The number of rotatable bonds is 3. The molecular weight excluding hydrogens is 208 g/mol. The lowest BCUT2D eigenvalue weighted by Crippen LogP contribution is -2.64. The fourth-order valence-electron chi connectivity index (χ4n) is 1.58. The maximum atomic E-state index is 11.1. The molecule has 0 unspecified atom stereocenters. The van der Waals surface area contributed by atoms with E-state index in [1.54, 1.807) is 0 Å². The Morgan fingerprint density at radius 3 is 2.43 bits per heavy atom. The maximum absolute atomic E-state index is 11.1. The molecule has 6 nitrogen and oxygen atoms in total. The molecule has 0 aromatic carbocycles. The summed E-state index contributed by atoms with van der Waals surface area (Å²) in [5.41, 5.74) is 4.64. The lowest BCUT2D eigenvalue weighted by atomic mass is 9.74. The largest absolute Gasteiger partial charge is 0.468 e. The summed E-state index contributed by atoms with van der Waals surface area (Å²) in [5, 5.41) is 0. The van der Waals surface area contributed by atoms with E-state index in [0.717, 1.165) is 6.26 Å². The van der Waals surface area contributed by atoms with Crippen LogP contribution in [0.5, 0.6) is 0 Å². The van der Waals surface area contributed by atoms with Crippen molar-refractivity contribution in [3.63, 3.8) is 0 Å². The Morgan fingerprint density at radius 1 is 1.57 bits per heavy atom. The van der Waals surface area contributed by atoms with Crippen molar-refractivity contribution in [1.82, 2.24) is 4.72 Å². The Kier molecular flexibility index (Phi) is 2.84. The van der Waals surface area contributed by atoms with Gasteiger partial charge in [0, 0.05) is 6.04 Å². The monoisotopic (exact) mass is 222 g/mol. The molecule has 0 aromatic heterocycles. The van der Waals surface area contributed by atoms with Gasteiger partial charge in [0.25, 0.3) is 0 Å². The van der Waals surface area contributed by atoms with Crippen LogP contribution < -0.4 is 10.5 Å². The molecule has 0 spiro atoms. The summed E-state index contributed by atoms with van der Waals surface area (Å²) in [6.07, 6.45) is 1.64. The first-order valence-corrected chi connectivity index (χ1v) is 6.00. The second-order valence-electron chi connectivity index (χ2n) is 3.64. The van der Waals surface area contributed by atoms with Crippen LogP contribution in [0.3, 0.4) is 0 Å². The van der Waals surface area contributed by atoms with Crippen LogP contribution in [0.25, 0.3) is 0 Å². The van der Waals surface area contributed by atoms with Crippen molar-refractivity contribution in [3.05, 3.63) is 0 Å². The van der Waals surface area contributed by atoms with Gasteiger partial charge in [-0.05, 0) is 12.8 Å². The van der Waals surface area contributed by atoms with Crippen LogP contribution in [0.2, 0.25) is 0 Å². The molecule has 1 rings (SSSR count). The molecule has 0 radical (unpaired) electrons. The SMILES string of the molecule is COC(=O)C1(N)CC(NS(C)(=O)=O)C1. The normalized spacial score (nSPS) is 32.1. The summed E-state index contributed by atoms with van der Waals surface area (Å²) < 4.78 is 28.5. The van der Waals surface area contributed by atoms with E-state index in [9.17, 15) is 13.2 Å². The average Bonchev–Trinajstić information content (AvgIpc) is 1.97. The highest BCUT2D eigenvalue weighted by Crippen LogP contribution is 2.31. The van der Waals surface area contributed by atoms with E-state index in [-0.39, 0.29) is 18.9 Å². The van der Waals surface area contributed by atoms with E-state index in [2.05, 4.69) is 9.46 Å². The molecule has 0 bridgehead atoms. The predicted octanol–water partition coefficient (Wildman–Crippen LogP) is -1.43. The number of hydrogen-bond donors (Lipinski definition) is 2. The van der Waals surface area contributed by atoms with Gasteiger partial charge < -0.3 is 10.5 Å².